The second-order valence-electron chi connectivity index (χ2n) is 5.43. The molecule has 1 fully saturated rings. The van der Waals surface area contributed by atoms with E-state index in [1.54, 1.807) is 0 Å². The first-order valence-electron chi connectivity index (χ1n) is 6.78. The third-order valence-electron chi connectivity index (χ3n) is 3.66. The summed E-state index contributed by atoms with van der Waals surface area (Å²) in [6.07, 6.45) is 0.617. The molecule has 1 unspecified atom stereocenters. The van der Waals surface area contributed by atoms with E-state index in [1.807, 2.05) is 36.9 Å². The van der Waals surface area contributed by atoms with E-state index in [9.17, 15) is 9.59 Å². The standard InChI is InChI=1S/C15H20N2O3.ClH/c1-10-3-4-11(2)13(7-10)16-14(18)9-17-6-5-12(8-17)15(19)20;/h3-4,7,12H,5-6,8-9H2,1-2H3,(H,16,18)(H,19,20);1H. The van der Waals surface area contributed by atoms with Crippen LogP contribution in [0.4, 0.5) is 5.69 Å². The lowest BCUT2D eigenvalue weighted by atomic mass is 10.1. The first kappa shape index (κ1) is 17.5. The Morgan fingerprint density at radius 2 is 2.10 bits per heavy atom. The van der Waals surface area contributed by atoms with E-state index >= 15 is 0 Å². The molecular weight excluding hydrogens is 292 g/mol. The minimum atomic E-state index is -0.776. The van der Waals surface area contributed by atoms with Crippen molar-refractivity contribution in [1.82, 2.24) is 4.90 Å². The Balaban J connectivity index is 0.00000220. The number of hydrogen-bond donors (Lipinski definition) is 2. The Hall–Kier alpha value is -1.59. The van der Waals surface area contributed by atoms with Crippen molar-refractivity contribution in [2.24, 2.45) is 5.92 Å². The van der Waals surface area contributed by atoms with Crippen molar-refractivity contribution >= 4 is 30.0 Å². The number of amides is 1. The smallest absolute Gasteiger partial charge is 0.307 e. The summed E-state index contributed by atoms with van der Waals surface area (Å²) in [4.78, 5) is 24.8. The van der Waals surface area contributed by atoms with Gasteiger partial charge in [0.25, 0.3) is 0 Å². The SMILES string of the molecule is Cc1ccc(C)c(NC(=O)CN2CCC(C(=O)O)C2)c1.Cl. The summed E-state index contributed by atoms with van der Waals surface area (Å²) < 4.78 is 0. The fourth-order valence-electron chi connectivity index (χ4n) is 2.44. The monoisotopic (exact) mass is 312 g/mol. The molecule has 0 radical (unpaired) electrons. The highest BCUT2D eigenvalue weighted by Gasteiger charge is 2.28. The van der Waals surface area contributed by atoms with Crippen molar-refractivity contribution in [3.05, 3.63) is 29.3 Å². The van der Waals surface area contributed by atoms with Gasteiger partial charge in [0.15, 0.2) is 0 Å². The third-order valence-corrected chi connectivity index (χ3v) is 3.66. The van der Waals surface area contributed by atoms with Gasteiger partial charge in [0.05, 0.1) is 12.5 Å². The van der Waals surface area contributed by atoms with Crippen LogP contribution in [-0.2, 0) is 9.59 Å². The van der Waals surface area contributed by atoms with Crippen LogP contribution in [0.5, 0.6) is 0 Å². The summed E-state index contributed by atoms with van der Waals surface area (Å²) in [6.45, 7) is 5.29. The molecule has 1 atom stereocenters. The van der Waals surface area contributed by atoms with Gasteiger partial charge in [0.2, 0.25) is 5.91 Å². The zero-order chi connectivity index (χ0) is 14.7. The van der Waals surface area contributed by atoms with Gasteiger partial charge < -0.3 is 10.4 Å². The van der Waals surface area contributed by atoms with Gasteiger partial charge in [-0.05, 0) is 44.0 Å². The maximum absolute atomic E-state index is 12.0. The van der Waals surface area contributed by atoms with Crippen molar-refractivity contribution in [1.29, 1.82) is 0 Å². The highest BCUT2D eigenvalue weighted by molar-refractivity contribution is 5.93. The van der Waals surface area contributed by atoms with Gasteiger partial charge in [0, 0.05) is 12.2 Å². The number of rotatable bonds is 4. The number of nitrogens with zero attached hydrogens (tertiary/aromatic N) is 1. The normalized spacial score (nSPS) is 18.1. The molecule has 0 aliphatic carbocycles. The van der Waals surface area contributed by atoms with Crippen LogP contribution in [0.1, 0.15) is 17.5 Å². The number of hydrogen-bond acceptors (Lipinski definition) is 3. The molecule has 0 bridgehead atoms. The summed E-state index contributed by atoms with van der Waals surface area (Å²) >= 11 is 0. The van der Waals surface area contributed by atoms with Crippen LogP contribution in [0.3, 0.4) is 0 Å². The lowest BCUT2D eigenvalue weighted by Crippen LogP contribution is -2.32. The number of benzene rings is 1. The van der Waals surface area contributed by atoms with Crippen LogP contribution in [0, 0.1) is 19.8 Å². The summed E-state index contributed by atoms with van der Waals surface area (Å²) in [6, 6.07) is 5.92. The molecule has 116 valence electrons. The topological polar surface area (TPSA) is 69.6 Å². The minimum absolute atomic E-state index is 0. The molecule has 0 spiro atoms. The summed E-state index contributed by atoms with van der Waals surface area (Å²) in [5.41, 5.74) is 2.94. The number of nitrogens with one attached hydrogen (secondary N) is 1. The van der Waals surface area contributed by atoms with Crippen LogP contribution in [-0.4, -0.2) is 41.5 Å². The van der Waals surface area contributed by atoms with Crippen molar-refractivity contribution in [2.75, 3.05) is 25.0 Å². The Labute approximate surface area is 130 Å². The first-order chi connectivity index (χ1) is 9.45. The van der Waals surface area contributed by atoms with E-state index < -0.39 is 5.97 Å². The molecule has 6 heteroatoms. The zero-order valence-corrected chi connectivity index (χ0v) is 13.1. The average Bonchev–Trinajstić information content (AvgIpc) is 2.82. The fraction of sp³-hybridized carbons (Fsp3) is 0.467. The minimum Gasteiger partial charge on any atom is -0.481 e. The van der Waals surface area contributed by atoms with Gasteiger partial charge in [-0.2, -0.15) is 0 Å². The molecule has 0 aromatic heterocycles. The Morgan fingerprint density at radius 1 is 1.38 bits per heavy atom. The van der Waals surface area contributed by atoms with E-state index in [2.05, 4.69) is 5.32 Å². The number of carbonyl (C=O) groups is 2. The van der Waals surface area contributed by atoms with Gasteiger partial charge in [-0.3, -0.25) is 14.5 Å². The average molecular weight is 313 g/mol. The molecule has 1 heterocycles. The van der Waals surface area contributed by atoms with Gasteiger partial charge in [0.1, 0.15) is 0 Å². The number of aliphatic carboxylic acids is 1. The van der Waals surface area contributed by atoms with Gasteiger partial charge in [-0.25, -0.2) is 0 Å². The number of anilines is 1. The van der Waals surface area contributed by atoms with Crippen molar-refractivity contribution in [3.8, 4) is 0 Å². The fourth-order valence-corrected chi connectivity index (χ4v) is 2.44. The predicted octanol–water partition coefficient (Wildman–Crippen LogP) is 2.07. The van der Waals surface area contributed by atoms with E-state index in [0.717, 1.165) is 16.8 Å². The quantitative estimate of drug-likeness (QED) is 0.893. The summed E-state index contributed by atoms with van der Waals surface area (Å²) in [5.74, 6) is -1.21. The summed E-state index contributed by atoms with van der Waals surface area (Å²) in [5, 5.41) is 11.8. The van der Waals surface area contributed by atoms with Crippen LogP contribution < -0.4 is 5.32 Å². The molecule has 1 aliphatic rings. The van der Waals surface area contributed by atoms with Crippen molar-refractivity contribution in [3.63, 3.8) is 0 Å². The largest absolute Gasteiger partial charge is 0.481 e. The maximum atomic E-state index is 12.0. The molecule has 5 nitrogen and oxygen atoms in total. The molecule has 21 heavy (non-hydrogen) atoms. The molecule has 0 saturated carbocycles. The van der Waals surface area contributed by atoms with E-state index in [1.165, 1.54) is 0 Å². The highest BCUT2D eigenvalue weighted by Crippen LogP contribution is 2.18. The molecule has 1 saturated heterocycles. The number of aryl methyl sites for hydroxylation is 2. The van der Waals surface area contributed by atoms with Gasteiger partial charge in [-0.1, -0.05) is 12.1 Å². The lowest BCUT2D eigenvalue weighted by molar-refractivity contribution is -0.141. The number of likely N-dealkylation sites (tertiary alicyclic amines) is 1. The molecule has 1 aromatic carbocycles. The van der Waals surface area contributed by atoms with Gasteiger partial charge in [-0.15, -0.1) is 12.4 Å². The molecule has 1 aliphatic heterocycles. The molecule has 1 aromatic rings. The Bertz CT molecular complexity index is 534. The van der Waals surface area contributed by atoms with Crippen LogP contribution in [0.25, 0.3) is 0 Å². The van der Waals surface area contributed by atoms with Crippen LogP contribution in [0.2, 0.25) is 0 Å². The molecular formula is C15H21ClN2O3. The van der Waals surface area contributed by atoms with Crippen LogP contribution in [0.15, 0.2) is 18.2 Å². The second kappa shape index (κ2) is 7.43. The molecule has 2 rings (SSSR count). The maximum Gasteiger partial charge on any atom is 0.307 e. The predicted molar refractivity (Wildman–Crippen MR) is 84.0 cm³/mol. The number of carboxylic acids is 1. The van der Waals surface area contributed by atoms with Gasteiger partial charge >= 0.3 is 5.97 Å². The number of halogens is 1. The number of carbonyl (C=O) groups excluding carboxylic acids is 1. The van der Waals surface area contributed by atoms with E-state index in [4.69, 9.17) is 5.11 Å². The number of carboxylic acid groups (broad SMARTS) is 1. The summed E-state index contributed by atoms with van der Waals surface area (Å²) in [7, 11) is 0. The van der Waals surface area contributed by atoms with E-state index in [-0.39, 0.29) is 30.8 Å². The Morgan fingerprint density at radius 3 is 2.71 bits per heavy atom. The van der Waals surface area contributed by atoms with Crippen molar-refractivity contribution < 1.29 is 14.7 Å². The van der Waals surface area contributed by atoms with E-state index in [0.29, 0.717) is 19.5 Å². The highest BCUT2D eigenvalue weighted by atomic mass is 35.5. The Kier molecular flexibility index (Phi) is 6.18. The molecule has 1 amide bonds. The van der Waals surface area contributed by atoms with Crippen molar-refractivity contribution in [2.45, 2.75) is 20.3 Å². The second-order valence-corrected chi connectivity index (χ2v) is 5.43. The zero-order valence-electron chi connectivity index (χ0n) is 12.3. The third kappa shape index (κ3) is 4.72. The molecule has 2 N–H and O–H groups in total. The lowest BCUT2D eigenvalue weighted by Gasteiger charge is -2.15. The van der Waals surface area contributed by atoms with Crippen LogP contribution >= 0.6 is 12.4 Å². The first-order valence-corrected chi connectivity index (χ1v) is 6.78.